The summed E-state index contributed by atoms with van der Waals surface area (Å²) in [6, 6.07) is 9.37. The molecule has 0 heterocycles. The Bertz CT molecular complexity index is 427. The summed E-state index contributed by atoms with van der Waals surface area (Å²) in [6.45, 7) is -0.536. The Morgan fingerprint density at radius 2 is 1.67 bits per heavy atom. The van der Waals surface area contributed by atoms with Crippen LogP contribution in [0.4, 0.5) is 0 Å². The van der Waals surface area contributed by atoms with Crippen molar-refractivity contribution >= 4 is 5.91 Å². The molecule has 21 heavy (non-hydrogen) atoms. The van der Waals surface area contributed by atoms with Gasteiger partial charge in [-0.3, -0.25) is 4.79 Å². The van der Waals surface area contributed by atoms with Gasteiger partial charge in [0.15, 0.2) is 6.10 Å². The van der Waals surface area contributed by atoms with Crippen LogP contribution in [0.5, 0.6) is 0 Å². The minimum absolute atomic E-state index is 0.255. The normalized spacial score (nSPS) is 16.8. The van der Waals surface area contributed by atoms with Gasteiger partial charge in [0, 0.05) is 6.54 Å². The third-order valence-corrected chi connectivity index (χ3v) is 3.08. The van der Waals surface area contributed by atoms with Crippen LogP contribution >= 0.6 is 0 Å². The highest BCUT2D eigenvalue weighted by Crippen LogP contribution is 2.05. The average Bonchev–Trinajstić information content (AvgIpc) is 2.52. The van der Waals surface area contributed by atoms with Crippen molar-refractivity contribution in [2.45, 2.75) is 30.8 Å². The number of aliphatic hydroxyl groups excluding tert-OH is 5. The number of aliphatic hydroxyl groups is 5. The molecule has 0 aliphatic rings. The standard InChI is InChI=1S/C14H21NO6/c16-8-10(17)11(18)12(19)13(20)14(21)15-7-6-9-4-2-1-3-5-9/h1-5,10-13,16-20H,6-8H2,(H,15,21)/t10-,11-,12+,13+/m1/s1. The largest absolute Gasteiger partial charge is 0.394 e. The van der Waals surface area contributed by atoms with Gasteiger partial charge in [-0.2, -0.15) is 0 Å². The zero-order chi connectivity index (χ0) is 15.8. The maximum Gasteiger partial charge on any atom is 0.251 e. The number of carbonyl (C=O) groups excluding carboxylic acids is 1. The Morgan fingerprint density at radius 3 is 2.24 bits per heavy atom. The van der Waals surface area contributed by atoms with Gasteiger partial charge in [0.05, 0.1) is 6.61 Å². The topological polar surface area (TPSA) is 130 Å². The third-order valence-electron chi connectivity index (χ3n) is 3.08. The molecule has 1 aromatic rings. The molecule has 0 saturated heterocycles. The molecule has 7 nitrogen and oxygen atoms in total. The van der Waals surface area contributed by atoms with Crippen molar-refractivity contribution in [3.05, 3.63) is 35.9 Å². The molecular formula is C14H21NO6. The van der Waals surface area contributed by atoms with Crippen LogP contribution in [0.3, 0.4) is 0 Å². The SMILES string of the molecule is O=C(NCCc1ccccc1)[C@@H](O)[C@@H](O)[C@H](O)[C@H](O)CO. The van der Waals surface area contributed by atoms with Crippen LogP contribution in [0, 0.1) is 0 Å². The maximum absolute atomic E-state index is 11.6. The highest BCUT2D eigenvalue weighted by molar-refractivity contribution is 5.81. The number of hydrogen-bond donors (Lipinski definition) is 6. The monoisotopic (exact) mass is 299 g/mol. The van der Waals surface area contributed by atoms with Gasteiger partial charge in [-0.05, 0) is 12.0 Å². The van der Waals surface area contributed by atoms with Crippen molar-refractivity contribution in [3.8, 4) is 0 Å². The molecule has 0 radical (unpaired) electrons. The molecule has 118 valence electrons. The van der Waals surface area contributed by atoms with Crippen molar-refractivity contribution in [1.82, 2.24) is 5.32 Å². The molecule has 0 aliphatic heterocycles. The molecule has 1 amide bonds. The van der Waals surface area contributed by atoms with Gasteiger partial charge in [-0.1, -0.05) is 30.3 Å². The molecule has 7 heteroatoms. The number of nitrogens with one attached hydrogen (secondary N) is 1. The average molecular weight is 299 g/mol. The van der Waals surface area contributed by atoms with Crippen molar-refractivity contribution in [2.24, 2.45) is 0 Å². The Labute approximate surface area is 122 Å². The number of benzene rings is 1. The summed E-state index contributed by atoms with van der Waals surface area (Å²) in [5.41, 5.74) is 1.00. The van der Waals surface area contributed by atoms with Crippen LogP contribution in [0.15, 0.2) is 30.3 Å². The summed E-state index contributed by atoms with van der Waals surface area (Å²) in [4.78, 5) is 11.6. The number of amides is 1. The van der Waals surface area contributed by atoms with E-state index in [1.807, 2.05) is 30.3 Å². The molecule has 0 aromatic heterocycles. The van der Waals surface area contributed by atoms with Gasteiger partial charge in [0.1, 0.15) is 18.3 Å². The van der Waals surface area contributed by atoms with Gasteiger partial charge in [-0.25, -0.2) is 0 Å². The lowest BCUT2D eigenvalue weighted by Crippen LogP contribution is -2.51. The lowest BCUT2D eigenvalue weighted by atomic mass is 10.0. The fourth-order valence-corrected chi connectivity index (χ4v) is 1.76. The first-order chi connectivity index (χ1) is 9.97. The molecule has 0 unspecified atom stereocenters. The van der Waals surface area contributed by atoms with Crippen LogP contribution in [-0.4, -0.2) is 69.0 Å². The summed E-state index contributed by atoms with van der Waals surface area (Å²) in [6.07, 6.45) is -6.67. The second-order valence-corrected chi connectivity index (χ2v) is 4.70. The molecule has 1 rings (SSSR count). The highest BCUT2D eigenvalue weighted by Gasteiger charge is 2.33. The lowest BCUT2D eigenvalue weighted by Gasteiger charge is -2.24. The van der Waals surface area contributed by atoms with Crippen LogP contribution in [0.25, 0.3) is 0 Å². The zero-order valence-electron chi connectivity index (χ0n) is 11.5. The van der Waals surface area contributed by atoms with Gasteiger partial charge >= 0.3 is 0 Å². The van der Waals surface area contributed by atoms with E-state index in [2.05, 4.69) is 5.32 Å². The fraction of sp³-hybridized carbons (Fsp3) is 0.500. The van der Waals surface area contributed by atoms with Gasteiger partial charge in [0.25, 0.3) is 5.91 Å². The maximum atomic E-state index is 11.6. The van der Waals surface area contributed by atoms with Crippen LogP contribution in [0.2, 0.25) is 0 Å². The van der Waals surface area contributed by atoms with Crippen LogP contribution < -0.4 is 5.32 Å². The molecule has 0 saturated carbocycles. The van der Waals surface area contributed by atoms with Crippen LogP contribution in [-0.2, 0) is 11.2 Å². The van der Waals surface area contributed by atoms with E-state index in [1.54, 1.807) is 0 Å². The Kier molecular flexibility index (Phi) is 7.27. The first-order valence-corrected chi connectivity index (χ1v) is 6.62. The van der Waals surface area contributed by atoms with E-state index < -0.39 is 36.9 Å². The van der Waals surface area contributed by atoms with Gasteiger partial charge < -0.3 is 30.8 Å². The number of rotatable bonds is 8. The number of hydrogen-bond acceptors (Lipinski definition) is 6. The van der Waals surface area contributed by atoms with E-state index in [4.69, 9.17) is 10.2 Å². The highest BCUT2D eigenvalue weighted by atomic mass is 16.4. The van der Waals surface area contributed by atoms with Crippen molar-refractivity contribution in [2.75, 3.05) is 13.2 Å². The minimum atomic E-state index is -1.89. The molecule has 0 fully saturated rings. The van der Waals surface area contributed by atoms with Crippen molar-refractivity contribution in [3.63, 3.8) is 0 Å². The predicted octanol–water partition coefficient (Wildman–Crippen LogP) is -2.22. The Hall–Kier alpha value is -1.51. The molecule has 0 spiro atoms. The minimum Gasteiger partial charge on any atom is -0.394 e. The lowest BCUT2D eigenvalue weighted by molar-refractivity contribution is -0.148. The second-order valence-electron chi connectivity index (χ2n) is 4.70. The van der Waals surface area contributed by atoms with Crippen molar-refractivity contribution in [1.29, 1.82) is 0 Å². The van der Waals surface area contributed by atoms with E-state index in [1.165, 1.54) is 0 Å². The zero-order valence-corrected chi connectivity index (χ0v) is 11.5. The number of carbonyl (C=O) groups is 1. The van der Waals surface area contributed by atoms with E-state index >= 15 is 0 Å². The van der Waals surface area contributed by atoms with E-state index in [0.717, 1.165) is 5.56 Å². The molecular weight excluding hydrogens is 278 g/mol. The summed E-state index contributed by atoms with van der Waals surface area (Å²) >= 11 is 0. The van der Waals surface area contributed by atoms with E-state index in [0.29, 0.717) is 6.42 Å². The summed E-state index contributed by atoms with van der Waals surface area (Å²) in [5.74, 6) is -0.859. The molecule has 0 bridgehead atoms. The molecule has 1 aromatic carbocycles. The first kappa shape index (κ1) is 17.5. The second kappa shape index (κ2) is 8.71. The molecule has 4 atom stereocenters. The Morgan fingerprint density at radius 1 is 1.05 bits per heavy atom. The summed E-state index contributed by atoms with van der Waals surface area (Å²) in [7, 11) is 0. The fourth-order valence-electron chi connectivity index (χ4n) is 1.76. The van der Waals surface area contributed by atoms with Crippen LogP contribution in [0.1, 0.15) is 5.56 Å². The van der Waals surface area contributed by atoms with E-state index in [9.17, 15) is 20.1 Å². The summed E-state index contributed by atoms with van der Waals surface area (Å²) in [5, 5.41) is 48.7. The van der Waals surface area contributed by atoms with Gasteiger partial charge in [-0.15, -0.1) is 0 Å². The smallest absolute Gasteiger partial charge is 0.251 e. The Balaban J connectivity index is 2.40. The van der Waals surface area contributed by atoms with Crippen molar-refractivity contribution < 1.29 is 30.3 Å². The molecule has 0 aliphatic carbocycles. The van der Waals surface area contributed by atoms with Gasteiger partial charge in [0.2, 0.25) is 0 Å². The first-order valence-electron chi connectivity index (χ1n) is 6.62. The predicted molar refractivity (Wildman–Crippen MR) is 74.3 cm³/mol. The molecule has 6 N–H and O–H groups in total. The quantitative estimate of drug-likeness (QED) is 0.322. The summed E-state index contributed by atoms with van der Waals surface area (Å²) < 4.78 is 0. The third kappa shape index (κ3) is 5.41. The van der Waals surface area contributed by atoms with E-state index in [-0.39, 0.29) is 6.54 Å².